The van der Waals surface area contributed by atoms with Crippen molar-refractivity contribution in [3.63, 3.8) is 0 Å². The van der Waals surface area contributed by atoms with E-state index in [4.69, 9.17) is 0 Å². The van der Waals surface area contributed by atoms with Gasteiger partial charge in [0, 0.05) is 12.1 Å². The third kappa shape index (κ3) is 3.01. The topological polar surface area (TPSA) is 32.3 Å². The molecule has 1 aliphatic carbocycles. The van der Waals surface area contributed by atoms with Crippen LogP contribution in [0.15, 0.2) is 24.3 Å². The molecule has 1 aromatic rings. The van der Waals surface area contributed by atoms with E-state index in [-0.39, 0.29) is 18.1 Å². The smallest absolute Gasteiger partial charge is 0.0587 e. The van der Waals surface area contributed by atoms with Gasteiger partial charge in [0.15, 0.2) is 0 Å². The van der Waals surface area contributed by atoms with Crippen molar-refractivity contribution in [1.82, 2.24) is 5.32 Å². The largest absolute Gasteiger partial charge is 0.395 e. The number of nitrogens with one attached hydrogen (secondary N) is 1. The fraction of sp³-hybridized carbons (Fsp3) is 0.647. The van der Waals surface area contributed by atoms with Gasteiger partial charge in [-0.25, -0.2) is 0 Å². The molecule has 1 aromatic carbocycles. The van der Waals surface area contributed by atoms with Crippen LogP contribution in [0, 0.1) is 11.3 Å². The van der Waals surface area contributed by atoms with Crippen LogP contribution in [-0.4, -0.2) is 17.8 Å². The van der Waals surface area contributed by atoms with Crippen LogP contribution < -0.4 is 5.32 Å². The van der Waals surface area contributed by atoms with Crippen LogP contribution in [0.5, 0.6) is 0 Å². The van der Waals surface area contributed by atoms with Gasteiger partial charge in [-0.2, -0.15) is 0 Å². The second-order valence-electron chi connectivity index (χ2n) is 6.82. The lowest BCUT2D eigenvalue weighted by atomic mass is 9.70. The SMILES string of the molecule is CC(C)[C@@H](CO)NC1c2ccccc2CCC1(C)C. The Hall–Kier alpha value is -0.860. The molecule has 2 nitrogen and oxygen atoms in total. The average Bonchev–Trinajstić information content (AvgIpc) is 2.37. The number of benzene rings is 1. The number of rotatable bonds is 4. The molecule has 2 heteroatoms. The van der Waals surface area contributed by atoms with Crippen LogP contribution in [0.2, 0.25) is 0 Å². The molecule has 0 bridgehead atoms. The predicted octanol–water partition coefficient (Wildman–Crippen LogP) is 3.31. The van der Waals surface area contributed by atoms with Crippen LogP contribution in [0.25, 0.3) is 0 Å². The summed E-state index contributed by atoms with van der Waals surface area (Å²) in [6, 6.07) is 9.22. The Bertz CT molecular complexity index is 425. The van der Waals surface area contributed by atoms with Gasteiger partial charge in [-0.15, -0.1) is 0 Å². The first kappa shape index (κ1) is 14.5. The standard InChI is InChI=1S/C17H27NO/c1-12(2)15(11-19)18-16-14-8-6-5-7-13(14)9-10-17(16,3)4/h5-8,12,15-16,18-19H,9-11H2,1-4H3/t15-,16?/m1/s1. The highest BCUT2D eigenvalue weighted by Gasteiger charge is 2.36. The minimum Gasteiger partial charge on any atom is -0.395 e. The van der Waals surface area contributed by atoms with Gasteiger partial charge < -0.3 is 10.4 Å². The summed E-state index contributed by atoms with van der Waals surface area (Å²) in [6.07, 6.45) is 2.35. The van der Waals surface area contributed by atoms with E-state index >= 15 is 0 Å². The minimum absolute atomic E-state index is 0.162. The van der Waals surface area contributed by atoms with Crippen molar-refractivity contribution in [2.45, 2.75) is 52.6 Å². The molecule has 0 spiro atoms. The van der Waals surface area contributed by atoms with Gasteiger partial charge in [0.2, 0.25) is 0 Å². The van der Waals surface area contributed by atoms with E-state index in [0.29, 0.717) is 12.0 Å². The maximum atomic E-state index is 9.58. The molecular weight excluding hydrogens is 234 g/mol. The molecule has 0 saturated heterocycles. The van der Waals surface area contributed by atoms with Crippen molar-refractivity contribution < 1.29 is 5.11 Å². The van der Waals surface area contributed by atoms with E-state index in [0.717, 1.165) is 6.42 Å². The molecule has 0 aromatic heterocycles. The zero-order valence-corrected chi connectivity index (χ0v) is 12.6. The quantitative estimate of drug-likeness (QED) is 0.871. The predicted molar refractivity (Wildman–Crippen MR) is 80.1 cm³/mol. The van der Waals surface area contributed by atoms with Crippen LogP contribution in [0.3, 0.4) is 0 Å². The normalized spacial score (nSPS) is 23.2. The zero-order chi connectivity index (χ0) is 14.0. The minimum atomic E-state index is 0.162. The molecular formula is C17H27NO. The number of hydrogen-bond donors (Lipinski definition) is 2. The maximum Gasteiger partial charge on any atom is 0.0587 e. The molecule has 1 unspecified atom stereocenters. The second-order valence-corrected chi connectivity index (χ2v) is 6.82. The van der Waals surface area contributed by atoms with E-state index in [1.54, 1.807) is 0 Å². The Kier molecular flexibility index (Phi) is 4.32. The number of hydrogen-bond acceptors (Lipinski definition) is 2. The number of aliphatic hydroxyl groups excluding tert-OH is 1. The highest BCUT2D eigenvalue weighted by molar-refractivity contribution is 5.34. The molecule has 0 amide bonds. The van der Waals surface area contributed by atoms with Gasteiger partial charge in [0.05, 0.1) is 6.61 Å². The lowest BCUT2D eigenvalue weighted by Gasteiger charge is -2.43. The van der Waals surface area contributed by atoms with Crippen LogP contribution in [0.1, 0.15) is 51.3 Å². The summed E-state index contributed by atoms with van der Waals surface area (Å²) in [5.41, 5.74) is 3.11. The summed E-state index contributed by atoms with van der Waals surface area (Å²) >= 11 is 0. The first-order valence-corrected chi connectivity index (χ1v) is 7.40. The van der Waals surface area contributed by atoms with Crippen molar-refractivity contribution in [3.8, 4) is 0 Å². The summed E-state index contributed by atoms with van der Waals surface area (Å²) in [7, 11) is 0. The van der Waals surface area contributed by atoms with Crippen LogP contribution in [0.4, 0.5) is 0 Å². The number of aliphatic hydroxyl groups is 1. The molecule has 2 rings (SSSR count). The molecule has 0 radical (unpaired) electrons. The Morgan fingerprint density at radius 1 is 1.32 bits per heavy atom. The van der Waals surface area contributed by atoms with Gasteiger partial charge >= 0.3 is 0 Å². The monoisotopic (exact) mass is 261 g/mol. The van der Waals surface area contributed by atoms with E-state index < -0.39 is 0 Å². The average molecular weight is 261 g/mol. The van der Waals surface area contributed by atoms with Gasteiger partial charge in [-0.1, -0.05) is 52.0 Å². The summed E-state index contributed by atoms with van der Waals surface area (Å²) in [5.74, 6) is 0.440. The van der Waals surface area contributed by atoms with Crippen molar-refractivity contribution in [1.29, 1.82) is 0 Å². The molecule has 0 aliphatic heterocycles. The number of aryl methyl sites for hydroxylation is 1. The molecule has 106 valence electrons. The Morgan fingerprint density at radius 2 is 2.00 bits per heavy atom. The van der Waals surface area contributed by atoms with Gasteiger partial charge in [-0.3, -0.25) is 0 Å². The zero-order valence-electron chi connectivity index (χ0n) is 12.6. The maximum absolute atomic E-state index is 9.58. The molecule has 19 heavy (non-hydrogen) atoms. The van der Waals surface area contributed by atoms with Crippen molar-refractivity contribution >= 4 is 0 Å². The summed E-state index contributed by atoms with van der Waals surface area (Å²) < 4.78 is 0. The van der Waals surface area contributed by atoms with Gasteiger partial charge in [0.1, 0.15) is 0 Å². The fourth-order valence-electron chi connectivity index (χ4n) is 3.05. The van der Waals surface area contributed by atoms with E-state index in [1.807, 2.05) is 0 Å². The first-order chi connectivity index (χ1) is 8.95. The summed E-state index contributed by atoms with van der Waals surface area (Å²) in [5, 5.41) is 13.3. The third-order valence-electron chi connectivity index (χ3n) is 4.57. The van der Waals surface area contributed by atoms with Crippen molar-refractivity contribution in [2.24, 2.45) is 11.3 Å². The molecule has 0 saturated carbocycles. The third-order valence-corrected chi connectivity index (χ3v) is 4.57. The molecule has 2 N–H and O–H groups in total. The Morgan fingerprint density at radius 3 is 2.63 bits per heavy atom. The Labute approximate surface area is 117 Å². The molecule has 0 heterocycles. The van der Waals surface area contributed by atoms with Crippen LogP contribution >= 0.6 is 0 Å². The molecule has 0 fully saturated rings. The Balaban J connectivity index is 2.30. The van der Waals surface area contributed by atoms with Crippen LogP contribution in [-0.2, 0) is 6.42 Å². The summed E-state index contributed by atoms with van der Waals surface area (Å²) in [4.78, 5) is 0. The highest BCUT2D eigenvalue weighted by Crippen LogP contribution is 2.43. The van der Waals surface area contributed by atoms with E-state index in [2.05, 4.69) is 57.3 Å². The highest BCUT2D eigenvalue weighted by atomic mass is 16.3. The van der Waals surface area contributed by atoms with Gasteiger partial charge in [0.25, 0.3) is 0 Å². The lowest BCUT2D eigenvalue weighted by Crippen LogP contribution is -2.46. The first-order valence-electron chi connectivity index (χ1n) is 7.40. The summed E-state index contributed by atoms with van der Waals surface area (Å²) in [6.45, 7) is 9.18. The second kappa shape index (κ2) is 5.64. The fourth-order valence-corrected chi connectivity index (χ4v) is 3.05. The molecule has 2 atom stereocenters. The number of fused-ring (bicyclic) bond motifs is 1. The van der Waals surface area contributed by atoms with Crippen molar-refractivity contribution in [3.05, 3.63) is 35.4 Å². The van der Waals surface area contributed by atoms with E-state index in [1.165, 1.54) is 17.5 Å². The van der Waals surface area contributed by atoms with Crippen molar-refractivity contribution in [2.75, 3.05) is 6.61 Å². The molecule has 1 aliphatic rings. The van der Waals surface area contributed by atoms with Gasteiger partial charge in [-0.05, 0) is 35.3 Å². The van der Waals surface area contributed by atoms with E-state index in [9.17, 15) is 5.11 Å². The lowest BCUT2D eigenvalue weighted by molar-refractivity contribution is 0.142.